The second-order valence-corrected chi connectivity index (χ2v) is 4.99. The molecule has 2 rings (SSSR count). The highest BCUT2D eigenvalue weighted by Gasteiger charge is 2.01. The van der Waals surface area contributed by atoms with E-state index in [1.807, 2.05) is 49.4 Å². The van der Waals surface area contributed by atoms with Crippen molar-refractivity contribution >= 4 is 35.3 Å². The summed E-state index contributed by atoms with van der Waals surface area (Å²) < 4.78 is 0. The SMILES string of the molecule is CC(=O)Nc1cc(C)cc(NC(N)=NC=Nc2ccccc2)c1. The summed E-state index contributed by atoms with van der Waals surface area (Å²) in [7, 11) is 0. The van der Waals surface area contributed by atoms with Gasteiger partial charge in [-0.3, -0.25) is 4.79 Å². The topological polar surface area (TPSA) is 91.9 Å². The van der Waals surface area contributed by atoms with Gasteiger partial charge in [0.1, 0.15) is 6.34 Å². The molecule has 0 heterocycles. The Labute approximate surface area is 135 Å². The van der Waals surface area contributed by atoms with E-state index in [0.29, 0.717) is 5.69 Å². The molecule has 0 aliphatic rings. The van der Waals surface area contributed by atoms with Crippen molar-refractivity contribution in [3.8, 4) is 0 Å². The first-order valence-corrected chi connectivity index (χ1v) is 7.10. The maximum atomic E-state index is 11.1. The first-order valence-electron chi connectivity index (χ1n) is 7.10. The highest BCUT2D eigenvalue weighted by atomic mass is 16.1. The molecule has 23 heavy (non-hydrogen) atoms. The molecular weight excluding hydrogens is 290 g/mol. The molecule has 1 amide bonds. The molecular formula is C17H19N5O. The zero-order valence-corrected chi connectivity index (χ0v) is 13.1. The Morgan fingerprint density at radius 2 is 1.74 bits per heavy atom. The van der Waals surface area contributed by atoms with Gasteiger partial charge in [-0.1, -0.05) is 18.2 Å². The van der Waals surface area contributed by atoms with Crippen LogP contribution in [-0.4, -0.2) is 18.2 Å². The first kappa shape index (κ1) is 16.2. The summed E-state index contributed by atoms with van der Waals surface area (Å²) in [5, 5.41) is 5.71. The Kier molecular flexibility index (Phi) is 5.46. The number of nitrogens with two attached hydrogens (primary N) is 1. The van der Waals surface area contributed by atoms with Gasteiger partial charge in [0.05, 0.1) is 5.69 Å². The monoisotopic (exact) mass is 309 g/mol. The van der Waals surface area contributed by atoms with Gasteiger partial charge in [-0.2, -0.15) is 0 Å². The molecule has 0 bridgehead atoms. The Morgan fingerprint density at radius 1 is 1.09 bits per heavy atom. The number of carbonyl (C=O) groups is 1. The number of hydrogen-bond acceptors (Lipinski definition) is 2. The molecule has 0 radical (unpaired) electrons. The van der Waals surface area contributed by atoms with Crippen molar-refractivity contribution in [2.75, 3.05) is 10.6 Å². The second kappa shape index (κ2) is 7.74. The van der Waals surface area contributed by atoms with Gasteiger partial charge in [-0.15, -0.1) is 0 Å². The number of aliphatic imine (C=N–C) groups is 2. The third-order valence-electron chi connectivity index (χ3n) is 2.83. The van der Waals surface area contributed by atoms with Gasteiger partial charge in [0.25, 0.3) is 0 Å². The van der Waals surface area contributed by atoms with Crippen molar-refractivity contribution in [3.63, 3.8) is 0 Å². The largest absolute Gasteiger partial charge is 0.369 e. The van der Waals surface area contributed by atoms with E-state index in [0.717, 1.165) is 16.9 Å². The van der Waals surface area contributed by atoms with Crippen molar-refractivity contribution < 1.29 is 4.79 Å². The fraction of sp³-hybridized carbons (Fsp3) is 0.118. The van der Waals surface area contributed by atoms with Crippen LogP contribution in [0.25, 0.3) is 0 Å². The predicted octanol–water partition coefficient (Wildman–Crippen LogP) is 3.04. The van der Waals surface area contributed by atoms with Crippen LogP contribution in [-0.2, 0) is 4.79 Å². The van der Waals surface area contributed by atoms with E-state index in [1.54, 1.807) is 6.07 Å². The Hall–Kier alpha value is -3.15. The van der Waals surface area contributed by atoms with Gasteiger partial charge >= 0.3 is 0 Å². The minimum atomic E-state index is -0.127. The molecule has 0 spiro atoms. The predicted molar refractivity (Wildman–Crippen MR) is 95.3 cm³/mol. The van der Waals surface area contributed by atoms with Crippen LogP contribution < -0.4 is 16.4 Å². The molecule has 0 aromatic heterocycles. The Balaban J connectivity index is 2.05. The number of amides is 1. The molecule has 0 unspecified atom stereocenters. The van der Waals surface area contributed by atoms with Gasteiger partial charge in [-0.05, 0) is 42.8 Å². The molecule has 0 saturated carbocycles. The molecule has 4 N–H and O–H groups in total. The van der Waals surface area contributed by atoms with Crippen LogP contribution in [0, 0.1) is 6.92 Å². The molecule has 0 aliphatic carbocycles. The molecule has 0 saturated heterocycles. The number of guanidine groups is 1. The Bertz CT molecular complexity index is 738. The smallest absolute Gasteiger partial charge is 0.221 e. The molecule has 0 aliphatic heterocycles. The third kappa shape index (κ3) is 5.62. The number of aryl methyl sites for hydroxylation is 1. The minimum Gasteiger partial charge on any atom is -0.369 e. The van der Waals surface area contributed by atoms with Gasteiger partial charge in [0.15, 0.2) is 5.96 Å². The maximum absolute atomic E-state index is 11.1. The fourth-order valence-electron chi connectivity index (χ4n) is 1.98. The number of para-hydroxylation sites is 1. The van der Waals surface area contributed by atoms with Gasteiger partial charge in [0.2, 0.25) is 5.91 Å². The second-order valence-electron chi connectivity index (χ2n) is 4.99. The molecule has 2 aromatic rings. The summed E-state index contributed by atoms with van der Waals surface area (Å²) in [4.78, 5) is 19.3. The standard InChI is InChI=1S/C17H19N5O/c1-12-8-15(21-13(2)23)10-16(9-12)22-17(18)20-11-19-14-6-4-3-5-7-14/h3-11H,1-2H3,(H,21,23)(H3,18,19,20,22). The van der Waals surface area contributed by atoms with Crippen LogP contribution in [0.15, 0.2) is 58.5 Å². The normalized spacial score (nSPS) is 11.5. The molecule has 6 nitrogen and oxygen atoms in total. The summed E-state index contributed by atoms with van der Waals surface area (Å²) in [5.74, 6) is 0.0854. The van der Waals surface area contributed by atoms with Gasteiger partial charge in [0, 0.05) is 18.3 Å². The van der Waals surface area contributed by atoms with Crippen LogP contribution >= 0.6 is 0 Å². The number of carbonyl (C=O) groups excluding carboxylic acids is 1. The molecule has 0 fully saturated rings. The third-order valence-corrected chi connectivity index (χ3v) is 2.83. The van der Waals surface area contributed by atoms with Crippen molar-refractivity contribution in [2.24, 2.45) is 15.7 Å². The summed E-state index contributed by atoms with van der Waals surface area (Å²) in [6.07, 6.45) is 1.39. The number of benzene rings is 2. The highest BCUT2D eigenvalue weighted by Crippen LogP contribution is 2.18. The average Bonchev–Trinajstić information content (AvgIpc) is 2.46. The molecule has 6 heteroatoms. The van der Waals surface area contributed by atoms with Crippen LogP contribution in [0.2, 0.25) is 0 Å². The summed E-state index contributed by atoms with van der Waals surface area (Å²) >= 11 is 0. The van der Waals surface area contributed by atoms with Gasteiger partial charge in [-0.25, -0.2) is 9.98 Å². The number of hydrogen-bond donors (Lipinski definition) is 3. The van der Waals surface area contributed by atoms with Crippen LogP contribution in [0.5, 0.6) is 0 Å². The number of nitrogens with zero attached hydrogens (tertiary/aromatic N) is 2. The minimum absolute atomic E-state index is 0.127. The zero-order chi connectivity index (χ0) is 16.7. The lowest BCUT2D eigenvalue weighted by Crippen LogP contribution is -2.22. The Morgan fingerprint density at radius 3 is 2.39 bits per heavy atom. The van der Waals surface area contributed by atoms with E-state index >= 15 is 0 Å². The summed E-state index contributed by atoms with van der Waals surface area (Å²) in [5.41, 5.74) is 9.06. The quantitative estimate of drug-likeness (QED) is 0.598. The number of anilines is 2. The lowest BCUT2D eigenvalue weighted by atomic mass is 10.2. The van der Waals surface area contributed by atoms with E-state index in [2.05, 4.69) is 20.6 Å². The highest BCUT2D eigenvalue weighted by molar-refractivity contribution is 5.97. The lowest BCUT2D eigenvalue weighted by molar-refractivity contribution is -0.114. The molecule has 2 aromatic carbocycles. The zero-order valence-electron chi connectivity index (χ0n) is 13.1. The van der Waals surface area contributed by atoms with E-state index < -0.39 is 0 Å². The van der Waals surface area contributed by atoms with Crippen molar-refractivity contribution in [1.82, 2.24) is 0 Å². The van der Waals surface area contributed by atoms with E-state index in [9.17, 15) is 4.79 Å². The average molecular weight is 309 g/mol. The van der Waals surface area contributed by atoms with Crippen molar-refractivity contribution in [2.45, 2.75) is 13.8 Å². The van der Waals surface area contributed by atoms with E-state index in [-0.39, 0.29) is 11.9 Å². The van der Waals surface area contributed by atoms with E-state index in [4.69, 9.17) is 5.73 Å². The van der Waals surface area contributed by atoms with Crippen LogP contribution in [0.3, 0.4) is 0 Å². The molecule has 118 valence electrons. The molecule has 0 atom stereocenters. The summed E-state index contributed by atoms with van der Waals surface area (Å²) in [6.45, 7) is 3.39. The number of rotatable bonds is 4. The lowest BCUT2D eigenvalue weighted by Gasteiger charge is -2.09. The fourth-order valence-corrected chi connectivity index (χ4v) is 1.98. The number of nitrogens with one attached hydrogen (secondary N) is 2. The van der Waals surface area contributed by atoms with E-state index in [1.165, 1.54) is 13.3 Å². The van der Waals surface area contributed by atoms with Crippen LogP contribution in [0.4, 0.5) is 17.1 Å². The van der Waals surface area contributed by atoms with Gasteiger partial charge < -0.3 is 16.4 Å². The maximum Gasteiger partial charge on any atom is 0.221 e. The van der Waals surface area contributed by atoms with Crippen molar-refractivity contribution in [1.29, 1.82) is 0 Å². The first-order chi connectivity index (χ1) is 11.0. The van der Waals surface area contributed by atoms with Crippen molar-refractivity contribution in [3.05, 3.63) is 54.1 Å². The summed E-state index contributed by atoms with van der Waals surface area (Å²) in [6, 6.07) is 15.0. The van der Waals surface area contributed by atoms with Crippen LogP contribution in [0.1, 0.15) is 12.5 Å².